The van der Waals surface area contributed by atoms with Gasteiger partial charge in [-0.1, -0.05) is 6.92 Å². The molecule has 0 aromatic carbocycles. The van der Waals surface area contributed by atoms with E-state index < -0.39 is 23.7 Å². The molecule has 1 unspecified atom stereocenters. The molecule has 0 aliphatic carbocycles. The quantitative estimate of drug-likeness (QED) is 0.821. The molecule has 5 nitrogen and oxygen atoms in total. The van der Waals surface area contributed by atoms with E-state index in [9.17, 15) is 14.7 Å². The van der Waals surface area contributed by atoms with E-state index in [1.54, 1.807) is 32.1 Å². The van der Waals surface area contributed by atoms with Crippen LogP contribution in [0.4, 0.5) is 4.79 Å². The number of halogens is 1. The average molecular weight is 378 g/mol. The lowest BCUT2D eigenvalue weighted by Gasteiger charge is -2.21. The standard InChI is InChI=1S/C14H20BrNO4S/c1-5-11-9(15)6-8(21-11)7-10(12(17)18)16-13(19)20-14(2,3)4/h6,10H,5,7H2,1-4H3,(H,16,19)(H,17,18). The Bertz CT molecular complexity index is 522. The van der Waals surface area contributed by atoms with Crippen LogP contribution in [0.2, 0.25) is 0 Å². The molecule has 21 heavy (non-hydrogen) atoms. The van der Waals surface area contributed by atoms with Crippen LogP contribution in [-0.2, 0) is 22.4 Å². The average Bonchev–Trinajstić information content (AvgIpc) is 2.66. The number of carboxylic acids is 1. The molecular weight excluding hydrogens is 358 g/mol. The van der Waals surface area contributed by atoms with Crippen LogP contribution in [0.5, 0.6) is 0 Å². The molecule has 1 atom stereocenters. The maximum absolute atomic E-state index is 11.7. The molecule has 0 aliphatic heterocycles. The minimum atomic E-state index is -1.08. The van der Waals surface area contributed by atoms with Gasteiger partial charge in [-0.25, -0.2) is 9.59 Å². The molecule has 0 bridgehead atoms. The maximum Gasteiger partial charge on any atom is 0.408 e. The van der Waals surface area contributed by atoms with Crippen molar-refractivity contribution in [1.29, 1.82) is 0 Å². The number of carbonyl (C=O) groups excluding carboxylic acids is 1. The number of aliphatic carboxylic acids is 1. The summed E-state index contributed by atoms with van der Waals surface area (Å²) >= 11 is 4.99. The van der Waals surface area contributed by atoms with Gasteiger partial charge in [0.2, 0.25) is 0 Å². The summed E-state index contributed by atoms with van der Waals surface area (Å²) in [5, 5.41) is 11.6. The van der Waals surface area contributed by atoms with Crippen LogP contribution in [0.3, 0.4) is 0 Å². The topological polar surface area (TPSA) is 75.6 Å². The van der Waals surface area contributed by atoms with E-state index in [0.29, 0.717) is 0 Å². The van der Waals surface area contributed by atoms with Gasteiger partial charge in [0, 0.05) is 20.6 Å². The summed E-state index contributed by atoms with van der Waals surface area (Å²) in [6.45, 7) is 7.22. The van der Waals surface area contributed by atoms with E-state index in [0.717, 1.165) is 20.6 Å². The third-order valence-corrected chi connectivity index (χ3v) is 4.80. The fourth-order valence-electron chi connectivity index (χ4n) is 1.65. The van der Waals surface area contributed by atoms with E-state index in [4.69, 9.17) is 4.74 Å². The molecule has 2 N–H and O–H groups in total. The van der Waals surface area contributed by atoms with Gasteiger partial charge in [0.15, 0.2) is 0 Å². The normalized spacial score (nSPS) is 12.8. The van der Waals surface area contributed by atoms with Crippen molar-refractivity contribution in [3.63, 3.8) is 0 Å². The van der Waals surface area contributed by atoms with Crippen molar-refractivity contribution in [1.82, 2.24) is 5.32 Å². The van der Waals surface area contributed by atoms with Crippen LogP contribution in [0.15, 0.2) is 10.5 Å². The number of nitrogens with one attached hydrogen (secondary N) is 1. The predicted molar refractivity (Wildman–Crippen MR) is 85.9 cm³/mol. The van der Waals surface area contributed by atoms with Crippen LogP contribution in [0.25, 0.3) is 0 Å². The third kappa shape index (κ3) is 6.05. The predicted octanol–water partition coefficient (Wildman–Crippen LogP) is 3.59. The van der Waals surface area contributed by atoms with Gasteiger partial charge in [-0.2, -0.15) is 0 Å². The Morgan fingerprint density at radius 1 is 1.48 bits per heavy atom. The van der Waals surface area contributed by atoms with E-state index in [1.807, 2.05) is 13.0 Å². The zero-order chi connectivity index (χ0) is 16.2. The SMILES string of the molecule is CCc1sc(CC(NC(=O)OC(C)(C)C)C(=O)O)cc1Br. The second-order valence-electron chi connectivity index (χ2n) is 5.58. The summed E-state index contributed by atoms with van der Waals surface area (Å²) in [5.41, 5.74) is -0.658. The molecule has 0 spiro atoms. The largest absolute Gasteiger partial charge is 0.480 e. The van der Waals surface area contributed by atoms with Gasteiger partial charge in [-0.15, -0.1) is 11.3 Å². The van der Waals surface area contributed by atoms with Gasteiger partial charge in [0.25, 0.3) is 0 Å². The molecule has 1 rings (SSSR count). The summed E-state index contributed by atoms with van der Waals surface area (Å²) in [6.07, 6.45) is 0.390. The number of rotatable bonds is 5. The van der Waals surface area contributed by atoms with Crippen LogP contribution in [0, 0.1) is 0 Å². The summed E-state index contributed by atoms with van der Waals surface area (Å²) in [4.78, 5) is 25.0. The fraction of sp³-hybridized carbons (Fsp3) is 0.571. The number of hydrogen-bond acceptors (Lipinski definition) is 4. The molecule has 1 aromatic heterocycles. The molecule has 1 aromatic rings. The molecule has 7 heteroatoms. The number of thiophene rings is 1. The van der Waals surface area contributed by atoms with E-state index >= 15 is 0 Å². The number of carboxylic acid groups (broad SMARTS) is 1. The van der Waals surface area contributed by atoms with E-state index in [1.165, 1.54) is 0 Å². The molecule has 118 valence electrons. The van der Waals surface area contributed by atoms with Gasteiger partial charge < -0.3 is 15.2 Å². The van der Waals surface area contributed by atoms with Crippen LogP contribution >= 0.6 is 27.3 Å². The molecule has 0 fully saturated rings. The molecular formula is C14H20BrNO4S. The Kier molecular flexibility index (Phi) is 6.22. The number of ether oxygens (including phenoxy) is 1. The van der Waals surface area contributed by atoms with Gasteiger partial charge in [0.05, 0.1) is 0 Å². The first kappa shape index (κ1) is 18.0. The third-order valence-electron chi connectivity index (χ3n) is 2.52. The molecule has 0 aliphatic rings. The minimum absolute atomic E-state index is 0.234. The van der Waals surface area contributed by atoms with E-state index in [2.05, 4.69) is 21.2 Å². The lowest BCUT2D eigenvalue weighted by Crippen LogP contribution is -2.44. The van der Waals surface area contributed by atoms with Crippen LogP contribution < -0.4 is 5.32 Å². The lowest BCUT2D eigenvalue weighted by molar-refractivity contribution is -0.139. The van der Waals surface area contributed by atoms with Crippen molar-refractivity contribution in [2.75, 3.05) is 0 Å². The smallest absolute Gasteiger partial charge is 0.408 e. The second kappa shape index (κ2) is 7.26. The first-order valence-corrected chi connectivity index (χ1v) is 8.22. The van der Waals surface area contributed by atoms with Gasteiger partial charge in [0.1, 0.15) is 11.6 Å². The van der Waals surface area contributed by atoms with Gasteiger partial charge in [-0.3, -0.25) is 0 Å². The summed E-state index contributed by atoms with van der Waals surface area (Å²) in [6, 6.07) is 0.894. The molecule has 1 heterocycles. The van der Waals surface area contributed by atoms with Crippen molar-refractivity contribution in [3.05, 3.63) is 20.3 Å². The van der Waals surface area contributed by atoms with E-state index in [-0.39, 0.29) is 6.42 Å². The first-order chi connectivity index (χ1) is 9.62. The zero-order valence-corrected chi connectivity index (χ0v) is 14.9. The highest BCUT2D eigenvalue weighted by molar-refractivity contribution is 9.10. The Hall–Kier alpha value is -1.08. The zero-order valence-electron chi connectivity index (χ0n) is 12.5. The summed E-state index contributed by atoms with van der Waals surface area (Å²) in [5.74, 6) is -1.08. The number of alkyl carbamates (subject to hydrolysis) is 1. The number of carbonyl (C=O) groups is 2. The molecule has 0 saturated heterocycles. The highest BCUT2D eigenvalue weighted by atomic mass is 79.9. The highest BCUT2D eigenvalue weighted by Gasteiger charge is 2.25. The lowest BCUT2D eigenvalue weighted by atomic mass is 10.2. The Morgan fingerprint density at radius 3 is 2.52 bits per heavy atom. The first-order valence-electron chi connectivity index (χ1n) is 6.61. The number of amides is 1. The Morgan fingerprint density at radius 2 is 2.10 bits per heavy atom. The van der Waals surface area contributed by atoms with Crippen LogP contribution in [0.1, 0.15) is 37.4 Å². The van der Waals surface area contributed by atoms with Crippen molar-refractivity contribution in [2.24, 2.45) is 0 Å². The van der Waals surface area contributed by atoms with Gasteiger partial charge in [-0.05, 0) is 49.2 Å². The Balaban J connectivity index is 2.74. The number of hydrogen-bond donors (Lipinski definition) is 2. The van der Waals surface area contributed by atoms with Crippen molar-refractivity contribution in [2.45, 2.75) is 52.2 Å². The van der Waals surface area contributed by atoms with Crippen LogP contribution in [-0.4, -0.2) is 28.8 Å². The molecule has 1 amide bonds. The molecule has 0 saturated carbocycles. The number of aryl methyl sites for hydroxylation is 1. The summed E-state index contributed by atoms with van der Waals surface area (Å²) in [7, 11) is 0. The van der Waals surface area contributed by atoms with Gasteiger partial charge >= 0.3 is 12.1 Å². The van der Waals surface area contributed by atoms with Crippen molar-refractivity contribution < 1.29 is 19.4 Å². The van der Waals surface area contributed by atoms with Crippen molar-refractivity contribution >= 4 is 39.3 Å². The summed E-state index contributed by atoms with van der Waals surface area (Å²) < 4.78 is 6.07. The highest BCUT2D eigenvalue weighted by Crippen LogP contribution is 2.28. The second-order valence-corrected chi connectivity index (χ2v) is 7.65. The van der Waals surface area contributed by atoms with Crippen molar-refractivity contribution in [3.8, 4) is 0 Å². The fourth-order valence-corrected chi connectivity index (χ4v) is 3.65. The maximum atomic E-state index is 11.7. The molecule has 0 radical (unpaired) electrons. The minimum Gasteiger partial charge on any atom is -0.480 e. The monoisotopic (exact) mass is 377 g/mol. The Labute approximate surface area is 136 Å².